The van der Waals surface area contributed by atoms with Crippen LogP contribution in [-0.2, 0) is 9.59 Å². The Morgan fingerprint density at radius 3 is 0.978 bits per heavy atom. The summed E-state index contributed by atoms with van der Waals surface area (Å²) in [5, 5.41) is 71.6. The first-order valence-electron chi connectivity index (χ1n) is 30.1. The lowest BCUT2D eigenvalue weighted by Gasteiger charge is -2.31. The minimum absolute atomic E-state index is 0.00185. The maximum absolute atomic E-state index is 14.5. The lowest BCUT2D eigenvalue weighted by Crippen LogP contribution is -2.49. The van der Waals surface area contributed by atoms with Crippen LogP contribution in [0.2, 0.25) is 0 Å². The molecule has 9 amide bonds. The van der Waals surface area contributed by atoms with Gasteiger partial charge in [0.05, 0.1) is 44.5 Å². The number of nitrogens with zero attached hydrogens (tertiary/aromatic N) is 4. The van der Waals surface area contributed by atoms with Crippen molar-refractivity contribution < 1.29 is 68.4 Å². The highest BCUT2D eigenvalue weighted by Crippen LogP contribution is 2.26. The van der Waals surface area contributed by atoms with Gasteiger partial charge in [-0.2, -0.15) is 0 Å². The molecule has 0 aromatic heterocycles. The van der Waals surface area contributed by atoms with Gasteiger partial charge in [0.1, 0.15) is 28.8 Å². The third-order valence-electron chi connectivity index (χ3n) is 15.6. The summed E-state index contributed by atoms with van der Waals surface area (Å²) in [6.45, 7) is 3.66. The summed E-state index contributed by atoms with van der Waals surface area (Å²) in [7, 11) is 0. The van der Waals surface area contributed by atoms with Crippen molar-refractivity contribution in [3.8, 4) is 23.0 Å². The Morgan fingerprint density at radius 1 is 0.393 bits per heavy atom. The number of benzene rings is 4. The number of aromatic hydroxyl groups is 4. The number of ketones is 1. The molecule has 0 fully saturated rings. The van der Waals surface area contributed by atoms with Crippen LogP contribution in [0.15, 0.2) is 72.8 Å². The van der Waals surface area contributed by atoms with Gasteiger partial charge < -0.3 is 73.1 Å². The van der Waals surface area contributed by atoms with Crippen LogP contribution in [-0.4, -0.2) is 236 Å². The molecule has 3 unspecified atom stereocenters. The molecule has 4 aliphatic heterocycles. The topological polar surface area (TPSA) is 373 Å². The third kappa shape index (κ3) is 19.9. The van der Waals surface area contributed by atoms with E-state index in [2.05, 4.69) is 47.9 Å². The van der Waals surface area contributed by atoms with Crippen molar-refractivity contribution in [2.75, 3.05) is 131 Å². The molecule has 27 nitrogen and oxygen atoms in total. The van der Waals surface area contributed by atoms with Gasteiger partial charge in [0, 0.05) is 150 Å². The van der Waals surface area contributed by atoms with Crippen molar-refractivity contribution >= 4 is 58.9 Å². The standard InChI is InChI=1S/C62H81N13O14/c1-40(76)9-4-19-50(77)63-20-3-2-10-41-39-75-34-27-70-60(87)47-16-7-15-46(53(47)80)57(84)66-23-30-73(31-24-69-61(88)48-17-8-18-49(54(48)81)62(89)71-41)36-35-72-28-21-64-55(82)42-11-5-13-44(51(42)78)58(85)67-25-32-74(37-38-75)33-26-68-59(86)45-14-6-12-43(52(45)79)56(83)65-22-29-72/h5-8,11-18,41,78-81H,2-4,9-10,19-39H2,1H3,(H,63,77)(H,64,82)(H,65,83)(H,66,84)(H,67,85)(H,68,86)(H,69,88)(H,70,87)(H,71,89). The SMILES string of the molecule is CC(=O)CCCC(=O)NCCCCC1CN2CCNC(=O)c3cccc(c3O)C(=O)NCCN(CCNC(=O)c3cccc(c3O)C(=O)N1)CCN1CCNC(=O)c3cccc(c3O)C(=O)NCCN(CCNC(=O)c3cccc(c3O)C(=O)NCC1)CC2. The van der Waals surface area contributed by atoms with Crippen LogP contribution < -0.4 is 47.9 Å². The van der Waals surface area contributed by atoms with Gasteiger partial charge in [0.2, 0.25) is 5.91 Å². The molecule has 3 atom stereocenters. The van der Waals surface area contributed by atoms with E-state index in [9.17, 15) is 68.4 Å². The van der Waals surface area contributed by atoms with Crippen molar-refractivity contribution in [3.05, 3.63) is 117 Å². The maximum Gasteiger partial charge on any atom is 0.255 e. The van der Waals surface area contributed by atoms with Gasteiger partial charge in [-0.15, -0.1) is 0 Å². The van der Waals surface area contributed by atoms with Gasteiger partial charge >= 0.3 is 0 Å². The number of phenols is 4. The molecule has 4 heterocycles. The fourth-order valence-electron chi connectivity index (χ4n) is 10.6. The molecule has 0 saturated carbocycles. The molecule has 89 heavy (non-hydrogen) atoms. The average Bonchev–Trinajstić information content (AvgIpc) is 2.32. The highest BCUT2D eigenvalue weighted by Gasteiger charge is 2.27. The summed E-state index contributed by atoms with van der Waals surface area (Å²) < 4.78 is 0. The van der Waals surface area contributed by atoms with Crippen LogP contribution in [0.25, 0.3) is 0 Å². The summed E-state index contributed by atoms with van der Waals surface area (Å²) in [5.74, 6) is -7.89. The third-order valence-corrected chi connectivity index (χ3v) is 15.6. The Labute approximate surface area is 515 Å². The summed E-state index contributed by atoms with van der Waals surface area (Å²) >= 11 is 0. The van der Waals surface area contributed by atoms with E-state index in [0.717, 1.165) is 0 Å². The maximum atomic E-state index is 14.5. The number of fused-ring (bicyclic) bond motifs is 16. The number of rotatable bonds is 9. The Morgan fingerprint density at radius 2 is 0.674 bits per heavy atom. The fourth-order valence-corrected chi connectivity index (χ4v) is 10.6. The Balaban J connectivity index is 1.30. The molecule has 0 radical (unpaired) electrons. The predicted molar refractivity (Wildman–Crippen MR) is 327 cm³/mol. The Bertz CT molecular complexity index is 3130. The molecule has 4 aromatic carbocycles. The number of Topliss-reactive ketones (excluding diaryl/α,β-unsaturated/α-hetero) is 1. The van der Waals surface area contributed by atoms with Gasteiger partial charge in [-0.25, -0.2) is 0 Å². The summed E-state index contributed by atoms with van der Waals surface area (Å²) in [4.78, 5) is 143. The molecule has 478 valence electrons. The predicted octanol–water partition coefficient (Wildman–Crippen LogP) is 0.111. The second kappa shape index (κ2) is 33.8. The van der Waals surface area contributed by atoms with Crippen molar-refractivity contribution in [1.29, 1.82) is 0 Å². The number of unbranched alkanes of at least 4 members (excludes halogenated alkanes) is 1. The number of hydrogen-bond acceptors (Lipinski definition) is 18. The van der Waals surface area contributed by atoms with Gasteiger partial charge in [0.15, 0.2) is 0 Å². The first-order valence-corrected chi connectivity index (χ1v) is 30.1. The number of carbonyl (C=O) groups is 10. The van der Waals surface area contributed by atoms with E-state index in [4.69, 9.17) is 0 Å². The smallest absolute Gasteiger partial charge is 0.255 e. The second-order valence-corrected chi connectivity index (χ2v) is 22.0. The average molecular weight is 1230 g/mol. The van der Waals surface area contributed by atoms with Gasteiger partial charge in [-0.3, -0.25) is 62.8 Å². The van der Waals surface area contributed by atoms with Gasteiger partial charge in [-0.1, -0.05) is 24.3 Å². The van der Waals surface area contributed by atoms with Gasteiger partial charge in [-0.05, 0) is 81.1 Å². The van der Waals surface area contributed by atoms with Crippen molar-refractivity contribution in [3.63, 3.8) is 0 Å². The number of nitrogens with one attached hydrogen (secondary N) is 9. The molecular formula is C62H81N13O14. The summed E-state index contributed by atoms with van der Waals surface area (Å²) in [5.41, 5.74) is -1.33. The molecule has 0 aliphatic carbocycles. The van der Waals surface area contributed by atoms with Crippen molar-refractivity contribution in [1.82, 2.24) is 67.5 Å². The molecule has 0 saturated heterocycles. The largest absolute Gasteiger partial charge is 0.506 e. The van der Waals surface area contributed by atoms with E-state index in [1.165, 1.54) is 79.7 Å². The molecule has 8 rings (SSSR count). The number of carbonyl (C=O) groups excluding carboxylic acids is 10. The van der Waals surface area contributed by atoms with Crippen molar-refractivity contribution in [2.24, 2.45) is 0 Å². The van der Waals surface area contributed by atoms with Crippen LogP contribution in [0.4, 0.5) is 0 Å². The number of phenolic OH excluding ortho intramolecular Hbond substituents is 4. The van der Waals surface area contributed by atoms with E-state index < -0.39 is 76.3 Å². The zero-order valence-corrected chi connectivity index (χ0v) is 50.1. The number of para-hydroxylation sites is 4. The van der Waals surface area contributed by atoms with E-state index in [-0.39, 0.29) is 193 Å². The van der Waals surface area contributed by atoms with Crippen LogP contribution in [0.3, 0.4) is 0 Å². The lowest BCUT2D eigenvalue weighted by molar-refractivity contribution is -0.121. The number of hydrogen-bond donors (Lipinski definition) is 13. The minimum Gasteiger partial charge on any atom is -0.506 e. The quantitative estimate of drug-likeness (QED) is 0.0989. The van der Waals surface area contributed by atoms with Crippen LogP contribution >= 0.6 is 0 Å². The van der Waals surface area contributed by atoms with E-state index >= 15 is 0 Å². The minimum atomic E-state index is -0.698. The first-order chi connectivity index (χ1) is 42.9. The Kier molecular flexibility index (Phi) is 25.6. The molecular weight excluding hydrogens is 1150 g/mol. The molecule has 12 bridgehead atoms. The zero-order valence-electron chi connectivity index (χ0n) is 50.1. The summed E-state index contributed by atoms with van der Waals surface area (Å²) in [6.07, 6.45) is 2.12. The molecule has 0 spiro atoms. The number of amides is 9. The normalized spacial score (nSPS) is 21.2. The van der Waals surface area contributed by atoms with Gasteiger partial charge in [0.25, 0.3) is 47.3 Å². The zero-order chi connectivity index (χ0) is 63.8. The highest BCUT2D eigenvalue weighted by atomic mass is 16.3. The van der Waals surface area contributed by atoms with E-state index in [0.29, 0.717) is 32.2 Å². The van der Waals surface area contributed by atoms with Crippen LogP contribution in [0.1, 0.15) is 128 Å². The van der Waals surface area contributed by atoms with Crippen molar-refractivity contribution in [2.45, 2.75) is 51.5 Å². The fraction of sp³-hybridized carbons (Fsp3) is 0.452. The Hall–Kier alpha value is -9.18. The molecule has 4 aromatic rings. The molecule has 4 aliphatic rings. The van der Waals surface area contributed by atoms with Crippen LogP contribution in [0.5, 0.6) is 23.0 Å². The van der Waals surface area contributed by atoms with Crippen LogP contribution in [0, 0.1) is 0 Å². The summed E-state index contributed by atoms with van der Waals surface area (Å²) in [6, 6.07) is 16.2. The van der Waals surface area contributed by atoms with E-state index in [1.807, 2.05) is 19.6 Å². The molecule has 27 heteroatoms. The second-order valence-electron chi connectivity index (χ2n) is 22.0. The monoisotopic (exact) mass is 1230 g/mol. The highest BCUT2D eigenvalue weighted by molar-refractivity contribution is 6.06. The molecule has 13 N–H and O–H groups in total. The lowest BCUT2D eigenvalue weighted by atomic mass is 10.0. The van der Waals surface area contributed by atoms with E-state index in [1.54, 1.807) is 0 Å². The first kappa shape index (κ1) is 67.3.